The van der Waals surface area contributed by atoms with Gasteiger partial charge in [0.15, 0.2) is 0 Å². The lowest BCUT2D eigenvalue weighted by molar-refractivity contribution is -0.135. The number of amides is 1. The van der Waals surface area contributed by atoms with Crippen LogP contribution >= 0.6 is 0 Å². The monoisotopic (exact) mass is 212 g/mol. The van der Waals surface area contributed by atoms with Crippen molar-refractivity contribution in [2.24, 2.45) is 0 Å². The molecule has 0 aromatic rings. The Morgan fingerprint density at radius 1 is 1.47 bits per heavy atom. The van der Waals surface area contributed by atoms with Crippen molar-refractivity contribution in [3.05, 3.63) is 0 Å². The average Bonchev–Trinajstić information content (AvgIpc) is 3.00. The average molecular weight is 212 g/mol. The highest BCUT2D eigenvalue weighted by molar-refractivity contribution is 5.91. The molecule has 1 amide bonds. The van der Waals surface area contributed by atoms with Gasteiger partial charge in [0.05, 0.1) is 44.7 Å². The maximum absolute atomic E-state index is 11.9. The van der Waals surface area contributed by atoms with Gasteiger partial charge in [-0.25, -0.2) is 0 Å². The van der Waals surface area contributed by atoms with Crippen LogP contribution in [0.15, 0.2) is 0 Å². The van der Waals surface area contributed by atoms with Crippen LogP contribution in [0.4, 0.5) is 0 Å². The lowest BCUT2D eigenvalue weighted by Gasteiger charge is -2.26. The minimum atomic E-state index is -0.185. The van der Waals surface area contributed by atoms with Crippen LogP contribution < -0.4 is 5.32 Å². The molecule has 1 spiro atoms. The molecule has 3 aliphatic rings. The second kappa shape index (κ2) is 3.43. The number of carbonyl (C=O) groups is 1. The number of hydrogen-bond donors (Lipinski definition) is 1. The standard InChI is InChI=1S/C10H16N2O3/c13-9-10(1-2-10)11-7-12(9)5-8-6-14-3-4-15-8/h8,11H,1-7H2. The van der Waals surface area contributed by atoms with Gasteiger partial charge in [0, 0.05) is 0 Å². The Balaban J connectivity index is 1.57. The SMILES string of the molecule is O=C1N(CC2COCCO2)CNC12CC2. The molecule has 1 atom stereocenters. The number of hydrogen-bond acceptors (Lipinski definition) is 4. The zero-order valence-corrected chi connectivity index (χ0v) is 8.70. The summed E-state index contributed by atoms with van der Waals surface area (Å²) in [5.41, 5.74) is -0.185. The topological polar surface area (TPSA) is 50.8 Å². The van der Waals surface area contributed by atoms with Crippen molar-refractivity contribution < 1.29 is 14.3 Å². The lowest BCUT2D eigenvalue weighted by atomic mass is 10.2. The van der Waals surface area contributed by atoms with Gasteiger partial charge >= 0.3 is 0 Å². The molecule has 0 radical (unpaired) electrons. The fourth-order valence-corrected chi connectivity index (χ4v) is 2.25. The molecule has 84 valence electrons. The Morgan fingerprint density at radius 2 is 2.33 bits per heavy atom. The first kappa shape index (κ1) is 9.57. The molecule has 5 heteroatoms. The van der Waals surface area contributed by atoms with Crippen LogP contribution in [0.25, 0.3) is 0 Å². The Kier molecular flexibility index (Phi) is 2.19. The first-order chi connectivity index (χ1) is 7.30. The van der Waals surface area contributed by atoms with Crippen molar-refractivity contribution in [1.82, 2.24) is 10.2 Å². The van der Waals surface area contributed by atoms with Crippen LogP contribution in [-0.4, -0.2) is 55.5 Å². The summed E-state index contributed by atoms with van der Waals surface area (Å²) in [4.78, 5) is 13.8. The van der Waals surface area contributed by atoms with E-state index in [2.05, 4.69) is 5.32 Å². The highest BCUT2D eigenvalue weighted by Crippen LogP contribution is 2.40. The molecule has 5 nitrogen and oxygen atoms in total. The predicted octanol–water partition coefficient (Wildman–Crippen LogP) is -0.676. The normalized spacial score (nSPS) is 33.7. The molecule has 0 aromatic carbocycles. The van der Waals surface area contributed by atoms with Gasteiger partial charge in [0.25, 0.3) is 0 Å². The van der Waals surface area contributed by atoms with E-state index in [0.29, 0.717) is 33.0 Å². The lowest BCUT2D eigenvalue weighted by Crippen LogP contribution is -2.42. The largest absolute Gasteiger partial charge is 0.376 e. The van der Waals surface area contributed by atoms with Gasteiger partial charge in [-0.3, -0.25) is 10.1 Å². The fraction of sp³-hybridized carbons (Fsp3) is 0.900. The van der Waals surface area contributed by atoms with Gasteiger partial charge in [0.1, 0.15) is 0 Å². The summed E-state index contributed by atoms with van der Waals surface area (Å²) >= 11 is 0. The highest BCUT2D eigenvalue weighted by Gasteiger charge is 2.55. The molecular weight excluding hydrogens is 196 g/mol. The van der Waals surface area contributed by atoms with Crippen molar-refractivity contribution >= 4 is 5.91 Å². The fourth-order valence-electron chi connectivity index (χ4n) is 2.25. The van der Waals surface area contributed by atoms with E-state index in [9.17, 15) is 4.79 Å². The van der Waals surface area contributed by atoms with Crippen LogP contribution in [0.5, 0.6) is 0 Å². The summed E-state index contributed by atoms with van der Waals surface area (Å²) in [5.74, 6) is 0.247. The maximum Gasteiger partial charge on any atom is 0.244 e. The number of nitrogens with one attached hydrogen (secondary N) is 1. The van der Waals surface area contributed by atoms with Gasteiger partial charge in [0.2, 0.25) is 5.91 Å². The van der Waals surface area contributed by atoms with Crippen molar-refractivity contribution in [3.8, 4) is 0 Å². The molecule has 0 aromatic heterocycles. The Labute approximate surface area is 88.7 Å². The Bertz CT molecular complexity index is 272. The zero-order chi connectivity index (χ0) is 10.3. The maximum atomic E-state index is 11.9. The van der Waals surface area contributed by atoms with E-state index in [-0.39, 0.29) is 17.6 Å². The molecule has 1 N–H and O–H groups in total. The molecule has 1 unspecified atom stereocenters. The smallest absolute Gasteiger partial charge is 0.244 e. The van der Waals surface area contributed by atoms with E-state index in [0.717, 1.165) is 12.8 Å². The van der Waals surface area contributed by atoms with Crippen molar-refractivity contribution in [3.63, 3.8) is 0 Å². The third kappa shape index (κ3) is 1.64. The number of ether oxygens (including phenoxy) is 2. The number of carbonyl (C=O) groups excluding carboxylic acids is 1. The van der Waals surface area contributed by atoms with Crippen LogP contribution in [-0.2, 0) is 14.3 Å². The van der Waals surface area contributed by atoms with Crippen molar-refractivity contribution in [2.45, 2.75) is 24.5 Å². The molecular formula is C10H16N2O3. The van der Waals surface area contributed by atoms with E-state index < -0.39 is 0 Å². The van der Waals surface area contributed by atoms with Gasteiger partial charge in [-0.1, -0.05) is 0 Å². The van der Waals surface area contributed by atoms with Crippen LogP contribution in [0, 0.1) is 0 Å². The third-order valence-electron chi connectivity index (χ3n) is 3.36. The quantitative estimate of drug-likeness (QED) is 0.659. The first-order valence-electron chi connectivity index (χ1n) is 5.54. The van der Waals surface area contributed by atoms with Gasteiger partial charge in [-0.05, 0) is 12.8 Å². The molecule has 3 fully saturated rings. The summed E-state index contributed by atoms with van der Waals surface area (Å²) in [7, 11) is 0. The van der Waals surface area contributed by atoms with Crippen molar-refractivity contribution in [2.75, 3.05) is 33.0 Å². The Hall–Kier alpha value is -0.650. The van der Waals surface area contributed by atoms with E-state index >= 15 is 0 Å². The number of rotatable bonds is 2. The second-order valence-electron chi connectivity index (χ2n) is 4.51. The first-order valence-corrected chi connectivity index (χ1v) is 5.54. The minimum Gasteiger partial charge on any atom is -0.376 e. The van der Waals surface area contributed by atoms with E-state index in [4.69, 9.17) is 9.47 Å². The van der Waals surface area contributed by atoms with Crippen LogP contribution in [0.1, 0.15) is 12.8 Å². The summed E-state index contributed by atoms with van der Waals surface area (Å²) in [6.45, 7) is 3.25. The molecule has 1 aliphatic carbocycles. The molecule has 2 aliphatic heterocycles. The minimum absolute atomic E-state index is 0.0541. The molecule has 3 rings (SSSR count). The van der Waals surface area contributed by atoms with E-state index in [1.165, 1.54) is 0 Å². The second-order valence-corrected chi connectivity index (χ2v) is 4.51. The molecule has 0 bridgehead atoms. The van der Waals surface area contributed by atoms with Crippen molar-refractivity contribution in [1.29, 1.82) is 0 Å². The van der Waals surface area contributed by atoms with E-state index in [1.807, 2.05) is 4.90 Å². The van der Waals surface area contributed by atoms with Crippen LogP contribution in [0.3, 0.4) is 0 Å². The summed E-state index contributed by atoms with van der Waals surface area (Å²) in [6.07, 6.45) is 2.03. The molecule has 1 saturated carbocycles. The third-order valence-corrected chi connectivity index (χ3v) is 3.36. The zero-order valence-electron chi connectivity index (χ0n) is 8.70. The van der Waals surface area contributed by atoms with E-state index in [1.54, 1.807) is 0 Å². The molecule has 2 saturated heterocycles. The predicted molar refractivity (Wildman–Crippen MR) is 52.2 cm³/mol. The van der Waals surface area contributed by atoms with Gasteiger partial charge in [-0.15, -0.1) is 0 Å². The van der Waals surface area contributed by atoms with Gasteiger partial charge < -0.3 is 14.4 Å². The van der Waals surface area contributed by atoms with Crippen LogP contribution in [0.2, 0.25) is 0 Å². The summed E-state index contributed by atoms with van der Waals surface area (Å²) in [6, 6.07) is 0. The van der Waals surface area contributed by atoms with Gasteiger partial charge in [-0.2, -0.15) is 0 Å². The number of nitrogens with zero attached hydrogens (tertiary/aromatic N) is 1. The summed E-state index contributed by atoms with van der Waals surface area (Å²) < 4.78 is 10.8. The summed E-state index contributed by atoms with van der Waals surface area (Å²) in [5, 5.41) is 3.28. The molecule has 15 heavy (non-hydrogen) atoms. The Morgan fingerprint density at radius 3 is 2.93 bits per heavy atom. The highest BCUT2D eigenvalue weighted by atomic mass is 16.6. The molecule has 2 heterocycles.